The Hall–Kier alpha value is -2.57. The number of carboxylic acids is 1. The molecule has 1 aromatic rings. The molecule has 120 valence electrons. The van der Waals surface area contributed by atoms with Crippen LogP contribution in [0.1, 0.15) is 34.1 Å². The van der Waals surface area contributed by atoms with Gasteiger partial charge in [0.15, 0.2) is 0 Å². The Morgan fingerprint density at radius 1 is 1.27 bits per heavy atom. The van der Waals surface area contributed by atoms with Crippen molar-refractivity contribution < 1.29 is 24.2 Å². The maximum Gasteiger partial charge on any atom is 0.335 e. The molecule has 1 aromatic carbocycles. The number of carboxylic acid groups (broad SMARTS) is 1. The summed E-state index contributed by atoms with van der Waals surface area (Å²) in [5.74, 6) is -1.41. The van der Waals surface area contributed by atoms with E-state index in [9.17, 15) is 14.4 Å². The predicted molar refractivity (Wildman–Crippen MR) is 80.2 cm³/mol. The van der Waals surface area contributed by atoms with Crippen LogP contribution >= 0.6 is 0 Å². The van der Waals surface area contributed by atoms with Crippen molar-refractivity contribution in [3.05, 3.63) is 29.3 Å². The van der Waals surface area contributed by atoms with E-state index >= 15 is 0 Å². The standard InChI is InChI=1S/C15H20N2O5/c1-9(5-13(18)16-2)17(3)14(19)10-6-11(15(20)21)8-12(7-10)22-4/h6-9H,5H2,1-4H3,(H,16,18)(H,20,21)/t9-/m1/s1. The third-order valence-electron chi connectivity index (χ3n) is 3.38. The van der Waals surface area contributed by atoms with E-state index in [0.29, 0.717) is 0 Å². The van der Waals surface area contributed by atoms with Gasteiger partial charge in [-0.05, 0) is 25.1 Å². The van der Waals surface area contributed by atoms with Crippen molar-refractivity contribution in [1.29, 1.82) is 0 Å². The molecular formula is C15H20N2O5. The Bertz CT molecular complexity index is 585. The van der Waals surface area contributed by atoms with Crippen LogP contribution in [0, 0.1) is 0 Å². The third kappa shape index (κ3) is 4.21. The molecule has 0 heterocycles. The number of nitrogens with one attached hydrogen (secondary N) is 1. The highest BCUT2D eigenvalue weighted by molar-refractivity contribution is 5.98. The van der Waals surface area contributed by atoms with Gasteiger partial charge in [-0.25, -0.2) is 4.79 Å². The fourth-order valence-electron chi connectivity index (χ4n) is 1.87. The first-order chi connectivity index (χ1) is 10.3. The minimum Gasteiger partial charge on any atom is -0.497 e. The van der Waals surface area contributed by atoms with Crippen molar-refractivity contribution in [3.63, 3.8) is 0 Å². The summed E-state index contributed by atoms with van der Waals surface area (Å²) < 4.78 is 5.02. The van der Waals surface area contributed by atoms with Crippen LogP contribution < -0.4 is 10.1 Å². The lowest BCUT2D eigenvalue weighted by molar-refractivity contribution is -0.121. The molecule has 7 heteroatoms. The molecule has 0 aliphatic heterocycles. The van der Waals surface area contributed by atoms with Gasteiger partial charge in [0, 0.05) is 32.1 Å². The summed E-state index contributed by atoms with van der Waals surface area (Å²) in [5.41, 5.74) is 0.165. The molecule has 0 aliphatic carbocycles. The fourth-order valence-corrected chi connectivity index (χ4v) is 1.87. The highest BCUT2D eigenvalue weighted by Crippen LogP contribution is 2.19. The number of methoxy groups -OCH3 is 1. The van der Waals surface area contributed by atoms with Crippen LogP contribution in [0.5, 0.6) is 5.75 Å². The van der Waals surface area contributed by atoms with Gasteiger partial charge >= 0.3 is 5.97 Å². The Kier molecular flexibility index (Phi) is 5.91. The van der Waals surface area contributed by atoms with Crippen molar-refractivity contribution in [2.24, 2.45) is 0 Å². The molecule has 0 aliphatic rings. The van der Waals surface area contributed by atoms with Crippen LogP contribution in [0.3, 0.4) is 0 Å². The summed E-state index contributed by atoms with van der Waals surface area (Å²) in [5, 5.41) is 11.6. The van der Waals surface area contributed by atoms with Gasteiger partial charge < -0.3 is 20.1 Å². The summed E-state index contributed by atoms with van der Waals surface area (Å²) in [6, 6.07) is 3.77. The molecule has 0 saturated carbocycles. The molecule has 0 unspecified atom stereocenters. The van der Waals surface area contributed by atoms with Crippen molar-refractivity contribution in [2.75, 3.05) is 21.2 Å². The van der Waals surface area contributed by atoms with E-state index in [-0.39, 0.29) is 41.2 Å². The highest BCUT2D eigenvalue weighted by atomic mass is 16.5. The lowest BCUT2D eigenvalue weighted by atomic mass is 10.1. The third-order valence-corrected chi connectivity index (χ3v) is 3.38. The zero-order valence-electron chi connectivity index (χ0n) is 13.0. The highest BCUT2D eigenvalue weighted by Gasteiger charge is 2.21. The van der Waals surface area contributed by atoms with Gasteiger partial charge in [0.25, 0.3) is 5.91 Å². The minimum absolute atomic E-state index is 0.0324. The van der Waals surface area contributed by atoms with Crippen molar-refractivity contribution in [1.82, 2.24) is 10.2 Å². The van der Waals surface area contributed by atoms with Gasteiger partial charge in [0.2, 0.25) is 5.91 Å². The number of ether oxygens (including phenoxy) is 1. The van der Waals surface area contributed by atoms with E-state index in [0.717, 1.165) is 0 Å². The molecule has 0 saturated heterocycles. The van der Waals surface area contributed by atoms with Crippen LogP contribution in [-0.2, 0) is 4.79 Å². The topological polar surface area (TPSA) is 95.9 Å². The molecule has 1 atom stereocenters. The molecule has 0 fully saturated rings. The van der Waals surface area contributed by atoms with Gasteiger partial charge in [-0.1, -0.05) is 0 Å². The van der Waals surface area contributed by atoms with E-state index in [1.165, 1.54) is 37.3 Å². The van der Waals surface area contributed by atoms with Crippen LogP contribution in [0.15, 0.2) is 18.2 Å². The fraction of sp³-hybridized carbons (Fsp3) is 0.400. The number of carbonyl (C=O) groups excluding carboxylic acids is 2. The molecule has 7 nitrogen and oxygen atoms in total. The summed E-state index contributed by atoms with van der Waals surface area (Å²) in [6.07, 6.45) is 0.161. The summed E-state index contributed by atoms with van der Waals surface area (Å²) in [7, 11) is 4.49. The Labute approximate surface area is 128 Å². The number of carbonyl (C=O) groups is 3. The average molecular weight is 308 g/mol. The first-order valence-electron chi connectivity index (χ1n) is 6.70. The molecule has 0 radical (unpaired) electrons. The van der Waals surface area contributed by atoms with Gasteiger partial charge in [0.1, 0.15) is 5.75 Å². The number of nitrogens with zero attached hydrogens (tertiary/aromatic N) is 1. The van der Waals surface area contributed by atoms with Gasteiger partial charge in [-0.15, -0.1) is 0 Å². The van der Waals surface area contributed by atoms with Crippen LogP contribution in [-0.4, -0.2) is 55.0 Å². The monoisotopic (exact) mass is 308 g/mol. The van der Waals surface area contributed by atoms with E-state index < -0.39 is 5.97 Å². The predicted octanol–water partition coefficient (Wildman–Crippen LogP) is 0.990. The SMILES string of the molecule is CNC(=O)C[C@@H](C)N(C)C(=O)c1cc(OC)cc(C(=O)O)c1. The zero-order valence-corrected chi connectivity index (χ0v) is 13.0. The van der Waals surface area contributed by atoms with Crippen molar-refractivity contribution >= 4 is 17.8 Å². The average Bonchev–Trinajstić information content (AvgIpc) is 2.52. The maximum absolute atomic E-state index is 12.4. The summed E-state index contributed by atoms with van der Waals surface area (Å²) in [4.78, 5) is 36.3. The quantitative estimate of drug-likeness (QED) is 0.817. The smallest absolute Gasteiger partial charge is 0.335 e. The minimum atomic E-state index is -1.14. The molecule has 0 spiro atoms. The molecule has 22 heavy (non-hydrogen) atoms. The first-order valence-corrected chi connectivity index (χ1v) is 6.70. The Morgan fingerprint density at radius 3 is 2.36 bits per heavy atom. The number of benzene rings is 1. The van der Waals surface area contributed by atoms with Gasteiger partial charge in [-0.3, -0.25) is 9.59 Å². The van der Waals surface area contributed by atoms with E-state index in [1.54, 1.807) is 14.0 Å². The Morgan fingerprint density at radius 2 is 1.86 bits per heavy atom. The zero-order chi connectivity index (χ0) is 16.9. The molecule has 2 N–H and O–H groups in total. The summed E-state index contributed by atoms with van der Waals surface area (Å²) in [6.45, 7) is 1.74. The molecule has 1 rings (SSSR count). The first kappa shape index (κ1) is 17.5. The number of aromatic carboxylic acids is 1. The number of rotatable bonds is 6. The van der Waals surface area contributed by atoms with Gasteiger partial charge in [-0.2, -0.15) is 0 Å². The summed E-state index contributed by atoms with van der Waals surface area (Å²) >= 11 is 0. The molecule has 0 aromatic heterocycles. The van der Waals surface area contributed by atoms with Crippen molar-refractivity contribution in [2.45, 2.75) is 19.4 Å². The molecule has 2 amide bonds. The second-order valence-corrected chi connectivity index (χ2v) is 4.90. The van der Waals surface area contributed by atoms with Crippen LogP contribution in [0.4, 0.5) is 0 Å². The van der Waals surface area contributed by atoms with E-state index in [2.05, 4.69) is 5.32 Å². The second kappa shape index (κ2) is 7.44. The van der Waals surface area contributed by atoms with Crippen LogP contribution in [0.25, 0.3) is 0 Å². The number of hydrogen-bond acceptors (Lipinski definition) is 4. The van der Waals surface area contributed by atoms with Crippen LogP contribution in [0.2, 0.25) is 0 Å². The van der Waals surface area contributed by atoms with E-state index in [4.69, 9.17) is 9.84 Å². The normalized spacial score (nSPS) is 11.5. The lowest BCUT2D eigenvalue weighted by Crippen LogP contribution is -2.38. The molecule has 0 bridgehead atoms. The number of hydrogen-bond donors (Lipinski definition) is 2. The molecular weight excluding hydrogens is 288 g/mol. The largest absolute Gasteiger partial charge is 0.497 e. The van der Waals surface area contributed by atoms with Gasteiger partial charge in [0.05, 0.1) is 12.7 Å². The van der Waals surface area contributed by atoms with E-state index in [1.807, 2.05) is 0 Å². The van der Waals surface area contributed by atoms with Crippen molar-refractivity contribution in [3.8, 4) is 5.75 Å². The number of amides is 2. The Balaban J connectivity index is 3.03. The lowest BCUT2D eigenvalue weighted by Gasteiger charge is -2.24. The second-order valence-electron chi connectivity index (χ2n) is 4.90. The maximum atomic E-state index is 12.4.